The fraction of sp³-hybridized carbons (Fsp3) is 0.296. The molecule has 0 atom stereocenters. The number of anilines is 1. The predicted octanol–water partition coefficient (Wildman–Crippen LogP) is 2.42. The van der Waals surface area contributed by atoms with Crippen LogP contribution in [0, 0.1) is 11.8 Å². The molecule has 3 heterocycles. The minimum atomic E-state index is -0.128. The van der Waals surface area contributed by atoms with Gasteiger partial charge in [0.05, 0.1) is 11.8 Å². The van der Waals surface area contributed by atoms with Crippen molar-refractivity contribution in [2.45, 2.75) is 13.8 Å². The van der Waals surface area contributed by atoms with Gasteiger partial charge in [-0.3, -0.25) is 14.6 Å². The number of hydrogen-bond donors (Lipinski definition) is 1. The van der Waals surface area contributed by atoms with Crippen molar-refractivity contribution in [1.29, 1.82) is 0 Å². The molecule has 184 valence electrons. The van der Waals surface area contributed by atoms with Gasteiger partial charge in [-0.25, -0.2) is 0 Å². The third kappa shape index (κ3) is 5.61. The number of aromatic hydroxyl groups is 1. The zero-order valence-electron chi connectivity index (χ0n) is 20.4. The van der Waals surface area contributed by atoms with E-state index in [2.05, 4.69) is 31.9 Å². The molecule has 0 unspecified atom stereocenters. The van der Waals surface area contributed by atoms with Gasteiger partial charge in [0.2, 0.25) is 0 Å². The van der Waals surface area contributed by atoms with Crippen LogP contribution in [0.15, 0.2) is 54.9 Å². The van der Waals surface area contributed by atoms with Crippen molar-refractivity contribution >= 4 is 17.6 Å². The SMILES string of the molecule is CCN(CC)C(=O)c1ccc(N2CCN(C(=O)c3ccccc3C#Cc3cncc(O)c3)CC2)nn1. The number of carbonyl (C=O) groups is 2. The Morgan fingerprint density at radius 2 is 1.72 bits per heavy atom. The van der Waals surface area contributed by atoms with Gasteiger partial charge in [0.1, 0.15) is 5.75 Å². The van der Waals surface area contributed by atoms with E-state index in [0.717, 1.165) is 0 Å². The lowest BCUT2D eigenvalue weighted by Crippen LogP contribution is -2.49. The first-order chi connectivity index (χ1) is 17.5. The molecule has 36 heavy (non-hydrogen) atoms. The van der Waals surface area contributed by atoms with E-state index in [4.69, 9.17) is 0 Å². The second kappa shape index (κ2) is 11.3. The van der Waals surface area contributed by atoms with E-state index in [1.54, 1.807) is 28.1 Å². The summed E-state index contributed by atoms with van der Waals surface area (Å²) in [6.07, 6.45) is 2.90. The number of aromatic nitrogens is 3. The maximum absolute atomic E-state index is 13.3. The third-order valence-electron chi connectivity index (χ3n) is 6.03. The molecule has 0 saturated carbocycles. The summed E-state index contributed by atoms with van der Waals surface area (Å²) >= 11 is 0. The maximum Gasteiger partial charge on any atom is 0.274 e. The van der Waals surface area contributed by atoms with E-state index >= 15 is 0 Å². The molecule has 2 amide bonds. The van der Waals surface area contributed by atoms with Gasteiger partial charge in [-0.1, -0.05) is 24.0 Å². The summed E-state index contributed by atoms with van der Waals surface area (Å²) in [5.74, 6) is 6.51. The van der Waals surface area contributed by atoms with Crippen molar-refractivity contribution in [1.82, 2.24) is 25.0 Å². The molecule has 0 bridgehead atoms. The quantitative estimate of drug-likeness (QED) is 0.555. The van der Waals surface area contributed by atoms with Crippen molar-refractivity contribution in [2.24, 2.45) is 0 Å². The zero-order chi connectivity index (χ0) is 25.5. The highest BCUT2D eigenvalue weighted by molar-refractivity contribution is 5.97. The van der Waals surface area contributed by atoms with Gasteiger partial charge in [-0.15, -0.1) is 10.2 Å². The van der Waals surface area contributed by atoms with E-state index in [0.29, 0.717) is 67.5 Å². The summed E-state index contributed by atoms with van der Waals surface area (Å²) in [6.45, 7) is 7.37. The molecule has 3 aromatic rings. The molecule has 9 heteroatoms. The van der Waals surface area contributed by atoms with Gasteiger partial charge >= 0.3 is 0 Å². The van der Waals surface area contributed by atoms with E-state index < -0.39 is 0 Å². The molecular weight excluding hydrogens is 456 g/mol. The van der Waals surface area contributed by atoms with Crippen LogP contribution in [0.25, 0.3) is 0 Å². The highest BCUT2D eigenvalue weighted by Crippen LogP contribution is 2.17. The predicted molar refractivity (Wildman–Crippen MR) is 136 cm³/mol. The number of carbonyl (C=O) groups excluding carboxylic acids is 2. The highest BCUT2D eigenvalue weighted by atomic mass is 16.3. The minimum absolute atomic E-state index is 0.0406. The zero-order valence-corrected chi connectivity index (χ0v) is 20.4. The van der Waals surface area contributed by atoms with Crippen molar-refractivity contribution in [3.05, 3.63) is 77.2 Å². The van der Waals surface area contributed by atoms with Crippen molar-refractivity contribution in [3.63, 3.8) is 0 Å². The number of benzene rings is 1. The Bertz CT molecular complexity index is 1290. The summed E-state index contributed by atoms with van der Waals surface area (Å²) in [5.41, 5.74) is 2.05. The van der Waals surface area contributed by atoms with Crippen molar-refractivity contribution in [2.75, 3.05) is 44.2 Å². The second-order valence-electron chi connectivity index (χ2n) is 8.26. The average Bonchev–Trinajstić information content (AvgIpc) is 2.92. The lowest BCUT2D eigenvalue weighted by atomic mass is 10.1. The number of hydrogen-bond acceptors (Lipinski definition) is 7. The van der Waals surface area contributed by atoms with Gasteiger partial charge in [0.15, 0.2) is 11.5 Å². The fourth-order valence-corrected chi connectivity index (χ4v) is 4.00. The van der Waals surface area contributed by atoms with Crippen LogP contribution in [0.5, 0.6) is 5.75 Å². The molecule has 1 aromatic carbocycles. The molecule has 9 nitrogen and oxygen atoms in total. The Kier molecular flexibility index (Phi) is 7.75. The third-order valence-corrected chi connectivity index (χ3v) is 6.03. The van der Waals surface area contributed by atoms with Gasteiger partial charge in [0.25, 0.3) is 11.8 Å². The topological polar surface area (TPSA) is 103 Å². The van der Waals surface area contributed by atoms with Crippen LogP contribution < -0.4 is 4.90 Å². The molecule has 1 saturated heterocycles. The largest absolute Gasteiger partial charge is 0.506 e. The normalized spacial score (nSPS) is 13.1. The van der Waals surface area contributed by atoms with E-state index in [1.807, 2.05) is 38.1 Å². The smallest absolute Gasteiger partial charge is 0.274 e. The summed E-state index contributed by atoms with van der Waals surface area (Å²) in [6, 6.07) is 12.3. The Morgan fingerprint density at radius 1 is 0.972 bits per heavy atom. The first-order valence-corrected chi connectivity index (χ1v) is 11.9. The molecular formula is C27H28N6O3. The molecule has 0 aliphatic carbocycles. The number of pyridine rings is 1. The van der Waals surface area contributed by atoms with Crippen LogP contribution in [0.2, 0.25) is 0 Å². The van der Waals surface area contributed by atoms with Crippen LogP contribution in [-0.2, 0) is 0 Å². The van der Waals surface area contributed by atoms with Crippen molar-refractivity contribution < 1.29 is 14.7 Å². The Hall–Kier alpha value is -4.45. The first-order valence-electron chi connectivity index (χ1n) is 11.9. The average molecular weight is 485 g/mol. The fourth-order valence-electron chi connectivity index (χ4n) is 4.00. The van der Waals surface area contributed by atoms with Crippen LogP contribution >= 0.6 is 0 Å². The van der Waals surface area contributed by atoms with Gasteiger partial charge in [-0.05, 0) is 44.2 Å². The first kappa shape index (κ1) is 24.7. The Morgan fingerprint density at radius 3 is 2.39 bits per heavy atom. The number of piperazine rings is 1. The van der Waals surface area contributed by atoms with Gasteiger partial charge < -0.3 is 19.8 Å². The summed E-state index contributed by atoms with van der Waals surface area (Å²) < 4.78 is 0. The van der Waals surface area contributed by atoms with Crippen LogP contribution in [0.3, 0.4) is 0 Å². The summed E-state index contributed by atoms with van der Waals surface area (Å²) in [4.78, 5) is 35.2. The lowest BCUT2D eigenvalue weighted by Gasteiger charge is -2.35. The maximum atomic E-state index is 13.3. The van der Waals surface area contributed by atoms with E-state index in [-0.39, 0.29) is 17.6 Å². The second-order valence-corrected chi connectivity index (χ2v) is 8.26. The minimum Gasteiger partial charge on any atom is -0.506 e. The lowest BCUT2D eigenvalue weighted by molar-refractivity contribution is 0.0742. The highest BCUT2D eigenvalue weighted by Gasteiger charge is 2.25. The molecule has 0 radical (unpaired) electrons. The van der Waals surface area contributed by atoms with Crippen LogP contribution in [0.4, 0.5) is 5.82 Å². The van der Waals surface area contributed by atoms with Crippen LogP contribution in [0.1, 0.15) is 45.8 Å². The van der Waals surface area contributed by atoms with E-state index in [1.165, 1.54) is 12.3 Å². The van der Waals surface area contributed by atoms with Crippen molar-refractivity contribution in [3.8, 4) is 17.6 Å². The summed E-state index contributed by atoms with van der Waals surface area (Å²) in [5, 5.41) is 18.0. The van der Waals surface area contributed by atoms with Gasteiger partial charge in [0, 0.05) is 56.6 Å². The number of rotatable bonds is 5. The molecule has 0 spiro atoms. The van der Waals surface area contributed by atoms with Gasteiger partial charge in [-0.2, -0.15) is 0 Å². The molecule has 2 aromatic heterocycles. The standard InChI is InChI=1S/C27H28N6O3/c1-3-31(4-2)27(36)24-11-12-25(30-29-24)32-13-15-33(16-14-32)26(35)23-8-6-5-7-21(23)10-9-20-17-22(34)19-28-18-20/h5-8,11-12,17-19,34H,3-4,13-16H2,1-2H3. The summed E-state index contributed by atoms with van der Waals surface area (Å²) in [7, 11) is 0. The van der Waals surface area contributed by atoms with E-state index in [9.17, 15) is 14.7 Å². The molecule has 1 aliphatic rings. The van der Waals surface area contributed by atoms with Crippen LogP contribution in [-0.4, -0.2) is 81.2 Å². The Labute approximate surface area is 210 Å². The molecule has 1 aliphatic heterocycles. The molecule has 1 fully saturated rings. The monoisotopic (exact) mass is 484 g/mol. The molecule has 1 N–H and O–H groups in total. The molecule has 4 rings (SSSR count). The number of amides is 2. The Balaban J connectivity index is 1.41. The number of nitrogens with zero attached hydrogens (tertiary/aromatic N) is 6.